The van der Waals surface area contributed by atoms with Gasteiger partial charge in [0.15, 0.2) is 11.5 Å². The molecule has 1 N–H and O–H groups in total. The van der Waals surface area contributed by atoms with Crippen molar-refractivity contribution in [2.24, 2.45) is 0 Å². The molecule has 2 aromatic rings. The molecule has 1 aromatic carbocycles. The van der Waals surface area contributed by atoms with Gasteiger partial charge in [0, 0.05) is 18.0 Å². The van der Waals surface area contributed by atoms with Crippen molar-refractivity contribution in [3.8, 4) is 11.5 Å². The summed E-state index contributed by atoms with van der Waals surface area (Å²) in [6.45, 7) is 5.01. The molecule has 1 heterocycles. The van der Waals surface area contributed by atoms with Crippen LogP contribution >= 0.6 is 11.3 Å². The SMILES string of the molecule is COc1ccc(CC(C)NCc2csc(C)n2)cc1OC. The van der Waals surface area contributed by atoms with Crippen LogP contribution in [0.1, 0.15) is 23.2 Å². The number of aromatic nitrogens is 1. The highest BCUT2D eigenvalue weighted by atomic mass is 32.1. The van der Waals surface area contributed by atoms with E-state index in [2.05, 4.69) is 28.7 Å². The van der Waals surface area contributed by atoms with Crippen LogP contribution in [0.4, 0.5) is 0 Å². The van der Waals surface area contributed by atoms with Gasteiger partial charge in [0.1, 0.15) is 0 Å². The van der Waals surface area contributed by atoms with E-state index < -0.39 is 0 Å². The van der Waals surface area contributed by atoms with Crippen LogP contribution in [0.25, 0.3) is 0 Å². The molecule has 0 spiro atoms. The minimum atomic E-state index is 0.366. The Hall–Kier alpha value is -1.59. The Morgan fingerprint density at radius 3 is 2.62 bits per heavy atom. The van der Waals surface area contributed by atoms with Crippen molar-refractivity contribution in [3.05, 3.63) is 39.8 Å². The fraction of sp³-hybridized carbons (Fsp3) is 0.438. The predicted molar refractivity (Wildman–Crippen MR) is 86.4 cm³/mol. The monoisotopic (exact) mass is 306 g/mol. The van der Waals surface area contributed by atoms with Crippen molar-refractivity contribution in [1.29, 1.82) is 0 Å². The van der Waals surface area contributed by atoms with Crippen molar-refractivity contribution in [1.82, 2.24) is 10.3 Å². The quantitative estimate of drug-likeness (QED) is 0.853. The van der Waals surface area contributed by atoms with Crippen LogP contribution in [0.2, 0.25) is 0 Å². The highest BCUT2D eigenvalue weighted by molar-refractivity contribution is 7.09. The molecule has 114 valence electrons. The number of methoxy groups -OCH3 is 2. The fourth-order valence-electron chi connectivity index (χ4n) is 2.20. The third kappa shape index (κ3) is 4.44. The average molecular weight is 306 g/mol. The van der Waals surface area contributed by atoms with Crippen LogP contribution in [0.3, 0.4) is 0 Å². The summed E-state index contributed by atoms with van der Waals surface area (Å²) in [5, 5.41) is 6.71. The van der Waals surface area contributed by atoms with Crippen molar-refractivity contribution in [3.63, 3.8) is 0 Å². The summed E-state index contributed by atoms with van der Waals surface area (Å²) in [6.07, 6.45) is 0.934. The maximum Gasteiger partial charge on any atom is 0.160 e. The molecule has 1 atom stereocenters. The number of benzene rings is 1. The number of nitrogens with one attached hydrogen (secondary N) is 1. The zero-order valence-electron chi connectivity index (χ0n) is 13.0. The predicted octanol–water partition coefficient (Wildman–Crippen LogP) is 3.19. The van der Waals surface area contributed by atoms with Crippen LogP contribution in [-0.4, -0.2) is 25.2 Å². The molecule has 1 aromatic heterocycles. The Balaban J connectivity index is 1.91. The van der Waals surface area contributed by atoms with E-state index in [0.29, 0.717) is 6.04 Å². The minimum absolute atomic E-state index is 0.366. The van der Waals surface area contributed by atoms with E-state index >= 15 is 0 Å². The number of rotatable bonds is 7. The maximum absolute atomic E-state index is 5.34. The van der Waals surface area contributed by atoms with Crippen molar-refractivity contribution < 1.29 is 9.47 Å². The Morgan fingerprint density at radius 2 is 2.00 bits per heavy atom. The molecule has 0 amide bonds. The number of ether oxygens (including phenoxy) is 2. The zero-order valence-corrected chi connectivity index (χ0v) is 13.8. The summed E-state index contributed by atoms with van der Waals surface area (Å²) in [5.41, 5.74) is 2.33. The van der Waals surface area contributed by atoms with Crippen LogP contribution in [0.5, 0.6) is 11.5 Å². The number of aryl methyl sites for hydroxylation is 1. The summed E-state index contributed by atoms with van der Waals surface area (Å²) in [6, 6.07) is 6.42. The lowest BCUT2D eigenvalue weighted by molar-refractivity contribution is 0.354. The summed E-state index contributed by atoms with van der Waals surface area (Å²) >= 11 is 1.69. The maximum atomic E-state index is 5.34. The van der Waals surface area contributed by atoms with Crippen LogP contribution in [-0.2, 0) is 13.0 Å². The van der Waals surface area contributed by atoms with Gasteiger partial charge in [0.2, 0.25) is 0 Å². The summed E-state index contributed by atoms with van der Waals surface area (Å²) in [4.78, 5) is 4.46. The Bertz CT molecular complexity index is 583. The molecule has 1 unspecified atom stereocenters. The first kappa shape index (κ1) is 15.8. The van der Waals surface area contributed by atoms with E-state index in [1.165, 1.54) is 5.56 Å². The molecule has 0 fully saturated rings. The first-order valence-electron chi connectivity index (χ1n) is 6.97. The average Bonchev–Trinajstić information content (AvgIpc) is 2.90. The van der Waals surface area contributed by atoms with Gasteiger partial charge in [0.25, 0.3) is 0 Å². The molecule has 5 heteroatoms. The molecule has 0 saturated carbocycles. The third-order valence-corrected chi connectivity index (χ3v) is 4.11. The second-order valence-electron chi connectivity index (χ2n) is 5.03. The van der Waals surface area contributed by atoms with Gasteiger partial charge in [-0.05, 0) is 38.0 Å². The molecular weight excluding hydrogens is 284 g/mol. The molecule has 0 bridgehead atoms. The van der Waals surface area contributed by atoms with Gasteiger partial charge in [-0.15, -0.1) is 11.3 Å². The van der Waals surface area contributed by atoms with Gasteiger partial charge in [-0.2, -0.15) is 0 Å². The number of hydrogen-bond acceptors (Lipinski definition) is 5. The fourth-order valence-corrected chi connectivity index (χ4v) is 2.81. The number of nitrogens with zero attached hydrogens (tertiary/aromatic N) is 1. The van der Waals surface area contributed by atoms with Gasteiger partial charge in [-0.25, -0.2) is 4.98 Å². The Labute approximate surface area is 130 Å². The molecular formula is C16H22N2O2S. The molecule has 0 radical (unpaired) electrons. The normalized spacial score (nSPS) is 12.2. The van der Waals surface area contributed by atoms with E-state index in [1.807, 2.05) is 19.1 Å². The Morgan fingerprint density at radius 1 is 1.24 bits per heavy atom. The summed E-state index contributed by atoms with van der Waals surface area (Å²) in [5.74, 6) is 1.54. The second-order valence-corrected chi connectivity index (χ2v) is 6.10. The van der Waals surface area contributed by atoms with Gasteiger partial charge in [-0.3, -0.25) is 0 Å². The molecule has 0 aliphatic rings. The summed E-state index contributed by atoms with van der Waals surface area (Å²) < 4.78 is 10.6. The molecule has 21 heavy (non-hydrogen) atoms. The lowest BCUT2D eigenvalue weighted by Gasteiger charge is -2.15. The van der Waals surface area contributed by atoms with Gasteiger partial charge in [0.05, 0.1) is 24.9 Å². The topological polar surface area (TPSA) is 43.4 Å². The zero-order chi connectivity index (χ0) is 15.2. The van der Waals surface area contributed by atoms with Crippen LogP contribution < -0.4 is 14.8 Å². The number of thiazole rings is 1. The van der Waals surface area contributed by atoms with Crippen molar-refractivity contribution in [2.45, 2.75) is 32.9 Å². The second kappa shape index (κ2) is 7.43. The van der Waals surface area contributed by atoms with Crippen molar-refractivity contribution in [2.75, 3.05) is 14.2 Å². The summed E-state index contributed by atoms with van der Waals surface area (Å²) in [7, 11) is 3.31. The highest BCUT2D eigenvalue weighted by Crippen LogP contribution is 2.27. The van der Waals surface area contributed by atoms with Crippen LogP contribution in [0.15, 0.2) is 23.6 Å². The largest absolute Gasteiger partial charge is 0.493 e. The first-order valence-corrected chi connectivity index (χ1v) is 7.85. The van der Waals surface area contributed by atoms with Gasteiger partial charge < -0.3 is 14.8 Å². The highest BCUT2D eigenvalue weighted by Gasteiger charge is 2.08. The molecule has 2 rings (SSSR count). The first-order chi connectivity index (χ1) is 10.1. The minimum Gasteiger partial charge on any atom is -0.493 e. The van der Waals surface area contributed by atoms with Gasteiger partial charge in [-0.1, -0.05) is 6.07 Å². The van der Waals surface area contributed by atoms with Crippen LogP contribution in [0, 0.1) is 6.92 Å². The molecule has 0 aliphatic carbocycles. The standard InChI is InChI=1S/C16H22N2O2S/c1-11(17-9-14-10-21-12(2)18-14)7-13-5-6-15(19-3)16(8-13)20-4/h5-6,8,10-11,17H,7,9H2,1-4H3. The van der Waals surface area contributed by atoms with E-state index in [9.17, 15) is 0 Å². The molecule has 4 nitrogen and oxygen atoms in total. The lowest BCUT2D eigenvalue weighted by atomic mass is 10.1. The van der Waals surface area contributed by atoms with Crippen molar-refractivity contribution >= 4 is 11.3 Å². The lowest BCUT2D eigenvalue weighted by Crippen LogP contribution is -2.27. The smallest absolute Gasteiger partial charge is 0.160 e. The molecule has 0 aliphatic heterocycles. The number of hydrogen-bond donors (Lipinski definition) is 1. The van der Waals surface area contributed by atoms with E-state index in [-0.39, 0.29) is 0 Å². The third-order valence-electron chi connectivity index (χ3n) is 3.29. The van der Waals surface area contributed by atoms with E-state index in [4.69, 9.17) is 9.47 Å². The van der Waals surface area contributed by atoms with Gasteiger partial charge >= 0.3 is 0 Å². The Kier molecular flexibility index (Phi) is 5.59. The molecule has 0 saturated heterocycles. The van der Waals surface area contributed by atoms with E-state index in [0.717, 1.165) is 35.2 Å². The van der Waals surface area contributed by atoms with E-state index in [1.54, 1.807) is 25.6 Å².